The molecule has 582 valence electrons. The van der Waals surface area contributed by atoms with Crippen LogP contribution in [0.3, 0.4) is 0 Å². The van der Waals surface area contributed by atoms with Gasteiger partial charge < -0.3 is 33.8 Å². The lowest BCUT2D eigenvalue weighted by atomic mass is 9.99. The van der Waals surface area contributed by atoms with Gasteiger partial charge in [0.05, 0.1) is 26.4 Å². The molecule has 0 rings (SSSR count). The summed E-state index contributed by atoms with van der Waals surface area (Å²) in [6.45, 7) is 14.3. The fraction of sp³-hybridized carbons (Fsp3) is 0.949. The van der Waals surface area contributed by atoms with E-state index in [1.165, 1.54) is 199 Å². The molecule has 0 spiro atoms. The molecule has 0 aliphatic carbocycles. The number of esters is 4. The molecule has 0 aromatic rings. The fourth-order valence-corrected chi connectivity index (χ4v) is 13.6. The first-order valence-corrected chi connectivity index (χ1v) is 43.8. The van der Waals surface area contributed by atoms with E-state index >= 15 is 0 Å². The van der Waals surface area contributed by atoms with Crippen LogP contribution in [0.15, 0.2) is 0 Å². The van der Waals surface area contributed by atoms with E-state index in [-0.39, 0.29) is 25.7 Å². The monoisotopic (exact) mass is 1440 g/mol. The number of hydrogen-bond donors (Lipinski definition) is 3. The minimum Gasteiger partial charge on any atom is -0.462 e. The molecule has 0 aromatic heterocycles. The lowest BCUT2D eigenvalue weighted by Crippen LogP contribution is -2.30. The summed E-state index contributed by atoms with van der Waals surface area (Å²) >= 11 is 0. The van der Waals surface area contributed by atoms with Gasteiger partial charge in [0.25, 0.3) is 0 Å². The quantitative estimate of drug-likeness (QED) is 0.0222. The Morgan fingerprint density at radius 3 is 0.724 bits per heavy atom. The highest BCUT2D eigenvalue weighted by Crippen LogP contribution is 2.45. The molecule has 7 atom stereocenters. The smallest absolute Gasteiger partial charge is 0.462 e. The van der Waals surface area contributed by atoms with Gasteiger partial charge in [0.15, 0.2) is 12.2 Å². The average molecular weight is 1440 g/mol. The van der Waals surface area contributed by atoms with Crippen LogP contribution in [0.4, 0.5) is 0 Å². The SMILES string of the molecule is CCC(C)CCCCCCCCCCCCC(=O)O[C@H](COC(=O)CCCCCCCCCCCCCCCCCC(C)C)COP(=O)(O)OC[C@@H](O)COP(=O)(O)OC[C@@H](COC(=O)CCCCCCCCC(C)CC)OC(=O)CCCCCCCCCCCCCCCC(C)C. The number of carbonyl (C=O) groups is 4. The zero-order chi connectivity index (χ0) is 72.4. The van der Waals surface area contributed by atoms with Gasteiger partial charge in [0.1, 0.15) is 19.3 Å². The second kappa shape index (κ2) is 68.2. The number of rotatable bonds is 76. The first-order valence-electron chi connectivity index (χ1n) is 40.8. The molecule has 0 saturated carbocycles. The summed E-state index contributed by atoms with van der Waals surface area (Å²) in [6, 6.07) is 0. The Bertz CT molecular complexity index is 1920. The summed E-state index contributed by atoms with van der Waals surface area (Å²) in [5.41, 5.74) is 0. The predicted molar refractivity (Wildman–Crippen MR) is 400 cm³/mol. The molecular weight excluding hydrogens is 1280 g/mol. The van der Waals surface area contributed by atoms with Crippen molar-refractivity contribution in [2.24, 2.45) is 23.7 Å². The highest BCUT2D eigenvalue weighted by molar-refractivity contribution is 7.47. The Morgan fingerprint density at radius 2 is 0.490 bits per heavy atom. The van der Waals surface area contributed by atoms with Crippen LogP contribution in [0.5, 0.6) is 0 Å². The Kier molecular flexibility index (Phi) is 66.8. The van der Waals surface area contributed by atoms with Gasteiger partial charge in [-0.2, -0.15) is 0 Å². The second-order valence-electron chi connectivity index (χ2n) is 29.9. The third-order valence-electron chi connectivity index (χ3n) is 19.0. The average Bonchev–Trinajstić information content (AvgIpc) is 0.952. The molecular formula is C79H154O17P2. The topological polar surface area (TPSA) is 237 Å². The van der Waals surface area contributed by atoms with Gasteiger partial charge in [-0.3, -0.25) is 37.3 Å². The van der Waals surface area contributed by atoms with Crippen molar-refractivity contribution in [2.75, 3.05) is 39.6 Å². The van der Waals surface area contributed by atoms with E-state index in [1.807, 2.05) is 0 Å². The van der Waals surface area contributed by atoms with Crippen LogP contribution in [0.25, 0.3) is 0 Å². The van der Waals surface area contributed by atoms with Gasteiger partial charge in [-0.25, -0.2) is 9.13 Å². The largest absolute Gasteiger partial charge is 0.472 e. The number of unbranched alkanes of at least 4 members (excludes halogenated alkanes) is 40. The number of aliphatic hydroxyl groups excluding tert-OH is 1. The molecule has 0 aromatic carbocycles. The number of hydrogen-bond acceptors (Lipinski definition) is 15. The number of ether oxygens (including phenoxy) is 4. The number of phosphoric acid groups is 2. The van der Waals surface area contributed by atoms with Crippen molar-refractivity contribution >= 4 is 39.5 Å². The summed E-state index contributed by atoms with van der Waals surface area (Å²) in [7, 11) is -9.92. The van der Waals surface area contributed by atoms with Gasteiger partial charge in [-0.15, -0.1) is 0 Å². The number of aliphatic hydroxyl groups is 1. The first kappa shape index (κ1) is 96.1. The van der Waals surface area contributed by atoms with Crippen molar-refractivity contribution in [1.29, 1.82) is 0 Å². The van der Waals surface area contributed by atoms with Crippen molar-refractivity contribution in [3.05, 3.63) is 0 Å². The van der Waals surface area contributed by atoms with Crippen molar-refractivity contribution in [3.8, 4) is 0 Å². The summed E-state index contributed by atoms with van der Waals surface area (Å²) in [6.07, 6.45) is 54.0. The lowest BCUT2D eigenvalue weighted by Gasteiger charge is -2.21. The van der Waals surface area contributed by atoms with E-state index in [4.69, 9.17) is 37.0 Å². The lowest BCUT2D eigenvalue weighted by molar-refractivity contribution is -0.161. The summed E-state index contributed by atoms with van der Waals surface area (Å²) in [4.78, 5) is 73.0. The van der Waals surface area contributed by atoms with E-state index in [2.05, 4.69) is 55.4 Å². The third-order valence-corrected chi connectivity index (χ3v) is 20.9. The van der Waals surface area contributed by atoms with Crippen LogP contribution in [-0.4, -0.2) is 96.7 Å². The molecule has 4 unspecified atom stereocenters. The van der Waals surface area contributed by atoms with E-state index in [0.717, 1.165) is 120 Å². The van der Waals surface area contributed by atoms with Crippen LogP contribution >= 0.6 is 15.6 Å². The maximum atomic E-state index is 13.1. The van der Waals surface area contributed by atoms with Crippen LogP contribution in [0.2, 0.25) is 0 Å². The van der Waals surface area contributed by atoms with E-state index < -0.39 is 97.5 Å². The van der Waals surface area contributed by atoms with Crippen molar-refractivity contribution in [2.45, 2.75) is 420 Å². The third kappa shape index (κ3) is 69.8. The Labute approximate surface area is 600 Å². The van der Waals surface area contributed by atoms with Gasteiger partial charge in [-0.05, 0) is 49.4 Å². The highest BCUT2D eigenvalue weighted by atomic mass is 31.2. The van der Waals surface area contributed by atoms with E-state index in [0.29, 0.717) is 25.7 Å². The normalized spacial score (nSPS) is 14.6. The molecule has 0 saturated heterocycles. The molecule has 0 bridgehead atoms. The zero-order valence-electron chi connectivity index (χ0n) is 64.4. The molecule has 19 heteroatoms. The minimum absolute atomic E-state index is 0.106. The van der Waals surface area contributed by atoms with Crippen LogP contribution in [0.1, 0.15) is 402 Å². The van der Waals surface area contributed by atoms with Crippen LogP contribution < -0.4 is 0 Å². The van der Waals surface area contributed by atoms with Crippen molar-refractivity contribution in [1.82, 2.24) is 0 Å². The summed E-state index contributed by atoms with van der Waals surface area (Å²) in [5.74, 6) is 1.01. The molecule has 3 N–H and O–H groups in total. The predicted octanol–water partition coefficient (Wildman–Crippen LogP) is 23.2. The molecule has 0 fully saturated rings. The Morgan fingerprint density at radius 1 is 0.286 bits per heavy atom. The second-order valence-corrected chi connectivity index (χ2v) is 32.8. The maximum absolute atomic E-state index is 13.1. The highest BCUT2D eigenvalue weighted by Gasteiger charge is 2.30. The number of carbonyl (C=O) groups excluding carboxylic acids is 4. The van der Waals surface area contributed by atoms with Crippen molar-refractivity contribution in [3.63, 3.8) is 0 Å². The maximum Gasteiger partial charge on any atom is 0.472 e. The first-order chi connectivity index (χ1) is 47.2. The molecule has 98 heavy (non-hydrogen) atoms. The standard InChI is InChI=1S/C79H154O17P2/c1-9-71(7)57-49-41-33-27-23-24-30-36-46-54-62-79(84)95-74(65-89-76(81)59-51-43-34-28-21-17-13-11-12-15-19-25-31-39-47-55-69(3)4)67-93-97(85,86)91-63-73(80)64-92-98(87,88)94-68-75(66-90-77(82)60-52-44-38-37-42-50-58-72(8)10-2)96-78(83)61-53-45-35-29-22-18-14-16-20-26-32-40-48-56-70(5)6/h69-75,80H,9-68H2,1-8H3,(H,85,86)(H,87,88)/t71?,72?,73-,74-,75-/m1/s1. The van der Waals surface area contributed by atoms with E-state index in [1.54, 1.807) is 0 Å². The van der Waals surface area contributed by atoms with E-state index in [9.17, 15) is 43.2 Å². The van der Waals surface area contributed by atoms with Crippen LogP contribution in [-0.2, 0) is 65.4 Å². The number of phosphoric ester groups is 2. The van der Waals surface area contributed by atoms with Gasteiger partial charge in [0, 0.05) is 25.7 Å². The molecule has 0 radical (unpaired) electrons. The molecule has 17 nitrogen and oxygen atoms in total. The molecule has 0 amide bonds. The fourth-order valence-electron chi connectivity index (χ4n) is 12.0. The van der Waals surface area contributed by atoms with Gasteiger partial charge in [0.2, 0.25) is 0 Å². The molecule has 0 aliphatic rings. The summed E-state index contributed by atoms with van der Waals surface area (Å²) in [5, 5.41) is 10.6. The van der Waals surface area contributed by atoms with Crippen LogP contribution in [0, 0.1) is 23.7 Å². The molecule has 0 heterocycles. The summed E-state index contributed by atoms with van der Waals surface area (Å²) < 4.78 is 68.6. The minimum atomic E-state index is -4.96. The zero-order valence-corrected chi connectivity index (χ0v) is 66.2. The van der Waals surface area contributed by atoms with Gasteiger partial charge in [-0.1, -0.05) is 351 Å². The van der Waals surface area contributed by atoms with Crippen molar-refractivity contribution < 1.29 is 80.2 Å². The Hall–Kier alpha value is -1.94. The van der Waals surface area contributed by atoms with Gasteiger partial charge >= 0.3 is 39.5 Å². The Balaban J connectivity index is 5.24. The molecule has 0 aliphatic heterocycles.